The summed E-state index contributed by atoms with van der Waals surface area (Å²) in [5, 5.41) is 3.95. The Morgan fingerprint density at radius 3 is 2.46 bits per heavy atom. The first-order valence-corrected chi connectivity index (χ1v) is 12.8. The number of nitrogens with one attached hydrogen (secondary N) is 1. The van der Waals surface area contributed by atoms with Crippen LogP contribution in [0.3, 0.4) is 0 Å². The zero-order valence-electron chi connectivity index (χ0n) is 21.4. The van der Waals surface area contributed by atoms with Gasteiger partial charge in [-0.3, -0.25) is 4.79 Å². The van der Waals surface area contributed by atoms with E-state index in [1.54, 1.807) is 24.3 Å². The zero-order chi connectivity index (χ0) is 28.2. The van der Waals surface area contributed by atoms with E-state index in [1.807, 2.05) is 24.8 Å². The summed E-state index contributed by atoms with van der Waals surface area (Å²) in [5.74, 6) is 0.546. The van der Waals surface area contributed by atoms with Crippen LogP contribution >= 0.6 is 11.6 Å². The van der Waals surface area contributed by atoms with Gasteiger partial charge in [0.15, 0.2) is 5.82 Å². The molecular weight excluding hydrogens is 532 g/mol. The molecule has 0 aliphatic rings. The van der Waals surface area contributed by atoms with Gasteiger partial charge in [0.2, 0.25) is 5.91 Å². The number of hydrogen-bond acceptors (Lipinski definition) is 4. The number of fused-ring (bicyclic) bond motifs is 1. The van der Waals surface area contributed by atoms with Gasteiger partial charge in [-0.1, -0.05) is 37.6 Å². The van der Waals surface area contributed by atoms with Crippen molar-refractivity contribution in [3.63, 3.8) is 0 Å². The minimum atomic E-state index is -4.45. The molecule has 1 aromatic heterocycles. The molecule has 10 heteroatoms. The van der Waals surface area contributed by atoms with E-state index in [9.17, 15) is 22.4 Å². The summed E-state index contributed by atoms with van der Waals surface area (Å²) in [4.78, 5) is 24.1. The molecule has 0 bridgehead atoms. The van der Waals surface area contributed by atoms with Crippen molar-refractivity contribution in [1.29, 1.82) is 0 Å². The predicted octanol–water partition coefficient (Wildman–Crippen LogP) is 7.28. The van der Waals surface area contributed by atoms with Gasteiger partial charge in [-0.05, 0) is 66.1 Å². The molecule has 0 spiro atoms. The number of carbonyl (C=O) groups excluding carboxylic acids is 1. The lowest BCUT2D eigenvalue weighted by molar-refractivity contribution is -0.137. The largest absolute Gasteiger partial charge is 0.416 e. The van der Waals surface area contributed by atoms with Crippen LogP contribution in [0.25, 0.3) is 22.3 Å². The number of halogens is 5. The highest BCUT2D eigenvalue weighted by Gasteiger charge is 2.30. The van der Waals surface area contributed by atoms with Crippen molar-refractivity contribution in [1.82, 2.24) is 15.3 Å². The van der Waals surface area contributed by atoms with Crippen molar-refractivity contribution in [2.24, 2.45) is 5.92 Å². The van der Waals surface area contributed by atoms with Crippen LogP contribution in [0.1, 0.15) is 31.4 Å². The Morgan fingerprint density at radius 1 is 1.03 bits per heavy atom. The third kappa shape index (κ3) is 7.44. The Labute approximate surface area is 228 Å². The molecule has 39 heavy (non-hydrogen) atoms. The third-order valence-corrected chi connectivity index (χ3v) is 6.21. The van der Waals surface area contributed by atoms with E-state index in [0.717, 1.165) is 17.5 Å². The van der Waals surface area contributed by atoms with Crippen LogP contribution in [0.15, 0.2) is 66.7 Å². The van der Waals surface area contributed by atoms with E-state index in [2.05, 4.69) is 10.3 Å². The standard InChI is InChI=1S/C29H27ClF4N4O/c1-18(2)17-38(13-12-26(39)35-16-19-4-3-5-21(14-19)29(32,33)34)28-24-11-8-22(30)15-25(24)36-27(37-28)20-6-9-23(31)10-7-20/h3-11,14-15,18H,12-13,16-17H2,1-2H3,(H,35,39). The van der Waals surface area contributed by atoms with Gasteiger partial charge in [-0.25, -0.2) is 14.4 Å². The van der Waals surface area contributed by atoms with Crippen molar-refractivity contribution >= 4 is 34.2 Å². The maximum atomic E-state index is 13.5. The lowest BCUT2D eigenvalue weighted by atomic mass is 10.1. The second-order valence-corrected chi connectivity index (χ2v) is 10.0. The molecule has 1 amide bonds. The van der Waals surface area contributed by atoms with Gasteiger partial charge in [0.1, 0.15) is 11.6 Å². The average Bonchev–Trinajstić information content (AvgIpc) is 2.89. The van der Waals surface area contributed by atoms with Gasteiger partial charge in [0.25, 0.3) is 0 Å². The number of benzene rings is 3. The SMILES string of the molecule is CC(C)CN(CCC(=O)NCc1cccc(C(F)(F)F)c1)c1nc(-c2ccc(F)cc2)nc2cc(Cl)ccc12. The third-order valence-electron chi connectivity index (χ3n) is 5.98. The van der Waals surface area contributed by atoms with E-state index >= 15 is 0 Å². The van der Waals surface area contributed by atoms with Crippen LogP contribution in [0.4, 0.5) is 23.4 Å². The monoisotopic (exact) mass is 558 g/mol. The van der Waals surface area contributed by atoms with E-state index in [0.29, 0.717) is 46.4 Å². The van der Waals surface area contributed by atoms with Gasteiger partial charge in [-0.2, -0.15) is 13.2 Å². The molecule has 0 fully saturated rings. The number of anilines is 1. The molecule has 204 valence electrons. The maximum Gasteiger partial charge on any atom is 0.416 e. The Bertz CT molecular complexity index is 1460. The molecule has 3 aromatic carbocycles. The Balaban J connectivity index is 1.57. The fourth-order valence-corrected chi connectivity index (χ4v) is 4.33. The van der Waals surface area contributed by atoms with Crippen LogP contribution < -0.4 is 10.2 Å². The number of nitrogens with zero attached hydrogens (tertiary/aromatic N) is 3. The molecule has 0 saturated carbocycles. The molecule has 0 saturated heterocycles. The molecule has 4 aromatic rings. The average molecular weight is 559 g/mol. The van der Waals surface area contributed by atoms with Gasteiger partial charge in [0.05, 0.1) is 11.1 Å². The normalized spacial score (nSPS) is 11.7. The Kier molecular flexibility index (Phi) is 8.70. The van der Waals surface area contributed by atoms with E-state index in [4.69, 9.17) is 16.6 Å². The highest BCUT2D eigenvalue weighted by molar-refractivity contribution is 6.31. The first kappa shape index (κ1) is 28.3. The van der Waals surface area contributed by atoms with E-state index in [1.165, 1.54) is 24.3 Å². The number of carbonyl (C=O) groups is 1. The maximum absolute atomic E-state index is 13.5. The van der Waals surface area contributed by atoms with E-state index in [-0.39, 0.29) is 30.6 Å². The number of alkyl halides is 3. The summed E-state index contributed by atoms with van der Waals surface area (Å²) in [6, 6.07) is 16.0. The quantitative estimate of drug-likeness (QED) is 0.219. The molecule has 0 aliphatic carbocycles. The molecule has 1 N–H and O–H groups in total. The molecule has 1 heterocycles. The fraction of sp³-hybridized carbons (Fsp3) is 0.276. The van der Waals surface area contributed by atoms with Crippen molar-refractivity contribution in [2.75, 3.05) is 18.0 Å². The fourth-order valence-electron chi connectivity index (χ4n) is 4.16. The smallest absolute Gasteiger partial charge is 0.355 e. The second-order valence-electron chi connectivity index (χ2n) is 9.60. The Morgan fingerprint density at radius 2 is 1.77 bits per heavy atom. The zero-order valence-corrected chi connectivity index (χ0v) is 22.2. The predicted molar refractivity (Wildman–Crippen MR) is 145 cm³/mol. The van der Waals surface area contributed by atoms with Crippen LogP contribution in [0, 0.1) is 11.7 Å². The first-order valence-electron chi connectivity index (χ1n) is 12.4. The number of hydrogen-bond donors (Lipinski definition) is 1. The second kappa shape index (κ2) is 12.0. The lowest BCUT2D eigenvalue weighted by Crippen LogP contribution is -2.34. The van der Waals surface area contributed by atoms with Gasteiger partial charge in [0, 0.05) is 42.0 Å². The molecule has 0 atom stereocenters. The summed E-state index contributed by atoms with van der Waals surface area (Å²) in [6.45, 7) is 4.96. The van der Waals surface area contributed by atoms with Crippen LogP contribution in [0.5, 0.6) is 0 Å². The van der Waals surface area contributed by atoms with E-state index < -0.39 is 11.7 Å². The summed E-state index contributed by atoms with van der Waals surface area (Å²) < 4.78 is 52.5. The van der Waals surface area contributed by atoms with Crippen LogP contribution in [-0.4, -0.2) is 29.0 Å². The molecule has 0 radical (unpaired) electrons. The lowest BCUT2D eigenvalue weighted by Gasteiger charge is -2.27. The molecular formula is C29H27ClF4N4O. The van der Waals surface area contributed by atoms with Crippen LogP contribution in [-0.2, 0) is 17.5 Å². The summed E-state index contributed by atoms with van der Waals surface area (Å²) in [5.41, 5.74) is 0.835. The molecule has 0 aliphatic heterocycles. The first-order chi connectivity index (χ1) is 18.5. The minimum absolute atomic E-state index is 0.0173. The van der Waals surface area contributed by atoms with Gasteiger partial charge >= 0.3 is 6.18 Å². The minimum Gasteiger partial charge on any atom is -0.355 e. The van der Waals surface area contributed by atoms with Crippen molar-refractivity contribution in [2.45, 2.75) is 33.0 Å². The van der Waals surface area contributed by atoms with Gasteiger partial charge in [-0.15, -0.1) is 0 Å². The highest BCUT2D eigenvalue weighted by Crippen LogP contribution is 2.31. The van der Waals surface area contributed by atoms with Crippen molar-refractivity contribution in [3.8, 4) is 11.4 Å². The molecule has 5 nitrogen and oxygen atoms in total. The topological polar surface area (TPSA) is 58.1 Å². The van der Waals surface area contributed by atoms with Crippen molar-refractivity contribution < 1.29 is 22.4 Å². The van der Waals surface area contributed by atoms with Crippen LogP contribution in [0.2, 0.25) is 5.02 Å². The Hall–Kier alpha value is -3.72. The summed E-state index contributed by atoms with van der Waals surface area (Å²) in [7, 11) is 0. The highest BCUT2D eigenvalue weighted by atomic mass is 35.5. The molecule has 4 rings (SSSR count). The molecule has 0 unspecified atom stereocenters. The summed E-state index contributed by atoms with van der Waals surface area (Å²) >= 11 is 6.24. The van der Waals surface area contributed by atoms with Crippen molar-refractivity contribution in [3.05, 3.63) is 88.7 Å². The number of aromatic nitrogens is 2. The van der Waals surface area contributed by atoms with Gasteiger partial charge < -0.3 is 10.2 Å². The number of rotatable bonds is 9. The number of amides is 1. The summed E-state index contributed by atoms with van der Waals surface area (Å²) in [6.07, 6.45) is -4.36.